The van der Waals surface area contributed by atoms with Crippen molar-refractivity contribution >= 4 is 40.9 Å². The monoisotopic (exact) mass is 469 g/mol. The molecule has 8 heteroatoms. The minimum atomic E-state index is -0.584. The fourth-order valence-corrected chi connectivity index (χ4v) is 4.65. The van der Waals surface area contributed by atoms with Crippen molar-refractivity contribution in [1.82, 2.24) is 4.90 Å². The minimum Gasteiger partial charge on any atom is -0.452 e. The van der Waals surface area contributed by atoms with Crippen LogP contribution in [0, 0.1) is 0 Å². The number of carbonyl (C=O) groups excluding carboxylic acids is 3. The van der Waals surface area contributed by atoms with Crippen LogP contribution in [0.5, 0.6) is 0 Å². The summed E-state index contributed by atoms with van der Waals surface area (Å²) in [5.74, 6) is -0.645. The first-order valence-electron chi connectivity index (χ1n) is 11.3. The summed E-state index contributed by atoms with van der Waals surface area (Å²) >= 11 is 1.32. The van der Waals surface area contributed by atoms with Crippen LogP contribution >= 0.6 is 11.8 Å². The average Bonchev–Trinajstić information content (AvgIpc) is 3.38. The number of carbonyl (C=O) groups is 3. The summed E-state index contributed by atoms with van der Waals surface area (Å²) in [6.45, 7) is 7.22. The first kappa shape index (κ1) is 24.6. The number of nitrogens with zero attached hydrogens (tertiary/aromatic N) is 2. The summed E-state index contributed by atoms with van der Waals surface area (Å²) in [5.41, 5.74) is 2.08. The van der Waals surface area contributed by atoms with Gasteiger partial charge in [-0.15, -0.1) is 11.8 Å². The van der Waals surface area contributed by atoms with Gasteiger partial charge in [-0.25, -0.2) is 4.79 Å². The summed E-state index contributed by atoms with van der Waals surface area (Å²) in [4.78, 5) is 41.9. The molecule has 176 valence electrons. The molecule has 3 rings (SSSR count). The number of hydrogen-bond acceptors (Lipinski definition) is 6. The van der Waals surface area contributed by atoms with Crippen molar-refractivity contribution in [3.8, 4) is 0 Å². The van der Waals surface area contributed by atoms with Crippen LogP contribution in [0.4, 0.5) is 11.4 Å². The number of ether oxygens (including phenoxy) is 1. The van der Waals surface area contributed by atoms with Crippen molar-refractivity contribution in [3.05, 3.63) is 54.1 Å². The zero-order chi connectivity index (χ0) is 23.6. The van der Waals surface area contributed by atoms with Crippen molar-refractivity contribution in [3.63, 3.8) is 0 Å². The van der Waals surface area contributed by atoms with Gasteiger partial charge in [0.15, 0.2) is 6.61 Å². The lowest BCUT2D eigenvalue weighted by molar-refractivity contribution is -0.127. The van der Waals surface area contributed by atoms with Crippen molar-refractivity contribution < 1.29 is 19.1 Å². The average molecular weight is 470 g/mol. The molecule has 0 bridgehead atoms. The van der Waals surface area contributed by atoms with Gasteiger partial charge in [-0.05, 0) is 63.1 Å². The van der Waals surface area contributed by atoms with E-state index in [9.17, 15) is 14.4 Å². The van der Waals surface area contributed by atoms with Crippen LogP contribution in [0.25, 0.3) is 0 Å². The molecule has 2 aromatic rings. The van der Waals surface area contributed by atoms with E-state index in [-0.39, 0.29) is 18.3 Å². The molecule has 0 aromatic heterocycles. The van der Waals surface area contributed by atoms with Gasteiger partial charge in [0.25, 0.3) is 5.91 Å². The molecule has 0 spiro atoms. The Hall–Kier alpha value is -3.00. The maximum atomic E-state index is 12.6. The summed E-state index contributed by atoms with van der Waals surface area (Å²) in [5, 5.41) is 2.75. The number of thioether (sulfide) groups is 1. The molecular weight excluding hydrogens is 438 g/mol. The van der Waals surface area contributed by atoms with E-state index in [1.54, 1.807) is 18.2 Å². The zero-order valence-corrected chi connectivity index (χ0v) is 20.0. The largest absolute Gasteiger partial charge is 0.452 e. The summed E-state index contributed by atoms with van der Waals surface area (Å²) < 4.78 is 5.24. The first-order chi connectivity index (χ1) is 16.0. The molecule has 0 aliphatic carbocycles. The molecule has 0 atom stereocenters. The number of nitrogens with one attached hydrogen (secondary N) is 1. The van der Waals surface area contributed by atoms with Crippen LogP contribution < -0.4 is 10.2 Å². The second kappa shape index (κ2) is 12.3. The molecule has 1 aliphatic rings. The SMILES string of the molecule is CCN(CC)c1ccc(NC(=O)COC(=O)c2ccccc2SCC(=O)N2CCCC2)cc1. The number of esters is 1. The summed E-state index contributed by atoms with van der Waals surface area (Å²) in [6.07, 6.45) is 2.09. The van der Waals surface area contributed by atoms with E-state index in [0.29, 0.717) is 16.1 Å². The molecule has 33 heavy (non-hydrogen) atoms. The van der Waals surface area contributed by atoms with Gasteiger partial charge in [-0.1, -0.05) is 12.1 Å². The number of hydrogen-bond donors (Lipinski definition) is 1. The number of benzene rings is 2. The molecule has 0 radical (unpaired) electrons. The van der Waals surface area contributed by atoms with Crippen LogP contribution in [-0.4, -0.2) is 61.2 Å². The Labute approximate surface area is 199 Å². The number of rotatable bonds is 10. The fourth-order valence-electron chi connectivity index (χ4n) is 3.71. The Balaban J connectivity index is 1.51. The third kappa shape index (κ3) is 6.99. The predicted molar refractivity (Wildman–Crippen MR) is 132 cm³/mol. The van der Waals surface area contributed by atoms with Gasteiger partial charge >= 0.3 is 5.97 Å². The molecule has 1 fully saturated rings. The highest BCUT2D eigenvalue weighted by molar-refractivity contribution is 8.00. The highest BCUT2D eigenvalue weighted by Gasteiger charge is 2.20. The van der Waals surface area contributed by atoms with Gasteiger partial charge in [0, 0.05) is 42.4 Å². The Morgan fingerprint density at radius 2 is 1.67 bits per heavy atom. The van der Waals surface area contributed by atoms with Gasteiger partial charge in [-0.2, -0.15) is 0 Å². The van der Waals surface area contributed by atoms with Crippen LogP contribution in [0.2, 0.25) is 0 Å². The molecule has 2 amide bonds. The molecule has 1 N–H and O–H groups in total. The van der Waals surface area contributed by atoms with E-state index in [0.717, 1.165) is 44.7 Å². The van der Waals surface area contributed by atoms with E-state index in [1.807, 2.05) is 35.2 Å². The maximum absolute atomic E-state index is 12.6. The molecular formula is C25H31N3O4S. The first-order valence-corrected chi connectivity index (χ1v) is 12.3. The molecule has 1 saturated heterocycles. The third-order valence-electron chi connectivity index (χ3n) is 5.53. The molecule has 0 unspecified atom stereocenters. The smallest absolute Gasteiger partial charge is 0.339 e. The highest BCUT2D eigenvalue weighted by Crippen LogP contribution is 2.24. The quantitative estimate of drug-likeness (QED) is 0.418. The van der Waals surface area contributed by atoms with E-state index >= 15 is 0 Å². The van der Waals surface area contributed by atoms with Crippen LogP contribution in [-0.2, 0) is 14.3 Å². The Kier molecular flexibility index (Phi) is 9.18. The van der Waals surface area contributed by atoms with Crippen molar-refractivity contribution in [1.29, 1.82) is 0 Å². The molecule has 7 nitrogen and oxygen atoms in total. The van der Waals surface area contributed by atoms with E-state index < -0.39 is 11.9 Å². The van der Waals surface area contributed by atoms with Crippen LogP contribution in [0.1, 0.15) is 37.0 Å². The second-order valence-corrected chi connectivity index (χ2v) is 8.73. The lowest BCUT2D eigenvalue weighted by Gasteiger charge is -2.21. The van der Waals surface area contributed by atoms with Gasteiger partial charge in [0.05, 0.1) is 11.3 Å². The van der Waals surface area contributed by atoms with Crippen molar-refractivity contribution in [2.75, 3.05) is 48.8 Å². The van der Waals surface area contributed by atoms with E-state index in [2.05, 4.69) is 24.1 Å². The predicted octanol–water partition coefficient (Wildman–Crippen LogP) is 4.04. The van der Waals surface area contributed by atoms with E-state index in [1.165, 1.54) is 11.8 Å². The van der Waals surface area contributed by atoms with Gasteiger partial charge in [0.1, 0.15) is 0 Å². The standard InChI is InChI=1S/C25H31N3O4S/c1-3-27(4-2)20-13-11-19(12-14-20)26-23(29)17-32-25(31)21-9-5-6-10-22(21)33-18-24(30)28-15-7-8-16-28/h5-6,9-14H,3-4,7-8,15-18H2,1-2H3,(H,26,29). The lowest BCUT2D eigenvalue weighted by atomic mass is 10.2. The lowest BCUT2D eigenvalue weighted by Crippen LogP contribution is -2.29. The molecule has 2 aromatic carbocycles. The number of amides is 2. The minimum absolute atomic E-state index is 0.0760. The highest BCUT2D eigenvalue weighted by atomic mass is 32.2. The van der Waals surface area contributed by atoms with Gasteiger partial charge in [0.2, 0.25) is 5.91 Å². The molecule has 1 aliphatic heterocycles. The fraction of sp³-hybridized carbons (Fsp3) is 0.400. The third-order valence-corrected chi connectivity index (χ3v) is 6.59. The summed E-state index contributed by atoms with van der Waals surface area (Å²) in [6, 6.07) is 14.5. The second-order valence-electron chi connectivity index (χ2n) is 7.72. The van der Waals surface area contributed by atoms with E-state index in [4.69, 9.17) is 4.74 Å². The van der Waals surface area contributed by atoms with Crippen LogP contribution in [0.3, 0.4) is 0 Å². The van der Waals surface area contributed by atoms with Gasteiger partial charge < -0.3 is 19.9 Å². The molecule has 1 heterocycles. The van der Waals surface area contributed by atoms with Crippen LogP contribution in [0.15, 0.2) is 53.4 Å². The Bertz CT molecular complexity index is 954. The molecule has 0 saturated carbocycles. The van der Waals surface area contributed by atoms with Crippen molar-refractivity contribution in [2.45, 2.75) is 31.6 Å². The van der Waals surface area contributed by atoms with Gasteiger partial charge in [-0.3, -0.25) is 9.59 Å². The van der Waals surface area contributed by atoms with Crippen molar-refractivity contribution in [2.24, 2.45) is 0 Å². The number of anilines is 2. The Morgan fingerprint density at radius 3 is 2.33 bits per heavy atom. The normalized spacial score (nSPS) is 13.0. The zero-order valence-electron chi connectivity index (χ0n) is 19.2. The number of likely N-dealkylation sites (tertiary alicyclic amines) is 1. The maximum Gasteiger partial charge on any atom is 0.339 e. The topological polar surface area (TPSA) is 79.0 Å². The Morgan fingerprint density at radius 1 is 1.00 bits per heavy atom. The summed E-state index contributed by atoms with van der Waals surface area (Å²) in [7, 11) is 0.